The molecule has 3 rings (SSSR count). The number of carbonyl (C=O) groups is 1. The van der Waals surface area contributed by atoms with Gasteiger partial charge in [0.1, 0.15) is 5.75 Å². The van der Waals surface area contributed by atoms with Crippen LogP contribution in [0.1, 0.15) is 26.3 Å². The van der Waals surface area contributed by atoms with Gasteiger partial charge in [-0.1, -0.05) is 36.7 Å². The van der Waals surface area contributed by atoms with E-state index in [0.29, 0.717) is 11.4 Å². The van der Waals surface area contributed by atoms with Crippen molar-refractivity contribution in [1.29, 1.82) is 0 Å². The number of methoxy groups -OCH3 is 2. The Bertz CT molecular complexity index is 1320. The molecule has 10 nitrogen and oxygen atoms in total. The molecule has 0 spiro atoms. The molecule has 0 atom stereocenters. The van der Waals surface area contributed by atoms with Gasteiger partial charge in [-0.3, -0.25) is 9.52 Å². The Labute approximate surface area is 218 Å². The lowest BCUT2D eigenvalue weighted by Gasteiger charge is -2.23. The normalized spacial score (nSPS) is 11.5. The van der Waals surface area contributed by atoms with Crippen LogP contribution in [0, 0.1) is 0 Å². The minimum absolute atomic E-state index is 0.0178. The minimum atomic E-state index is -3.97. The molecule has 0 fully saturated rings. The molecule has 0 bridgehead atoms. The van der Waals surface area contributed by atoms with Crippen molar-refractivity contribution in [1.82, 2.24) is 9.97 Å². The van der Waals surface area contributed by atoms with E-state index >= 15 is 0 Å². The largest absolute Gasteiger partial charge is 0.483 e. The number of benzene rings is 2. The van der Waals surface area contributed by atoms with Crippen LogP contribution in [0.25, 0.3) is 0 Å². The van der Waals surface area contributed by atoms with Gasteiger partial charge in [0, 0.05) is 21.8 Å². The van der Waals surface area contributed by atoms with E-state index in [1.54, 1.807) is 0 Å². The summed E-state index contributed by atoms with van der Waals surface area (Å²) in [7, 11) is -1.23. The zero-order valence-corrected chi connectivity index (χ0v) is 22.9. The van der Waals surface area contributed by atoms with Gasteiger partial charge >= 0.3 is 6.01 Å². The van der Waals surface area contributed by atoms with E-state index in [1.807, 2.05) is 18.2 Å². The van der Waals surface area contributed by atoms with Crippen molar-refractivity contribution in [2.75, 3.05) is 30.9 Å². The molecule has 0 aliphatic rings. The van der Waals surface area contributed by atoms with Gasteiger partial charge in [0.15, 0.2) is 12.4 Å². The highest BCUT2D eigenvalue weighted by atomic mass is 79.9. The predicted molar refractivity (Wildman–Crippen MR) is 139 cm³/mol. The van der Waals surface area contributed by atoms with Gasteiger partial charge in [0.25, 0.3) is 15.9 Å². The fourth-order valence-electron chi connectivity index (χ4n) is 3.12. The number of carbonyl (C=O) groups excluding carboxylic acids is 1. The van der Waals surface area contributed by atoms with E-state index < -0.39 is 10.0 Å². The van der Waals surface area contributed by atoms with E-state index in [9.17, 15) is 13.2 Å². The highest BCUT2D eigenvalue weighted by Crippen LogP contribution is 2.33. The molecule has 1 aromatic heterocycles. The average molecular weight is 579 g/mol. The van der Waals surface area contributed by atoms with E-state index in [4.69, 9.17) is 14.2 Å². The number of halogens is 1. The number of hydrogen-bond acceptors (Lipinski definition) is 8. The number of nitrogens with one attached hydrogen (secondary N) is 2. The number of amides is 1. The molecule has 0 radical (unpaired) electrons. The zero-order valence-electron chi connectivity index (χ0n) is 20.5. The molecule has 36 heavy (non-hydrogen) atoms. The third-order valence-corrected chi connectivity index (χ3v) is 6.73. The topological polar surface area (TPSA) is 129 Å². The molecule has 0 unspecified atom stereocenters. The second kappa shape index (κ2) is 11.1. The molecular formula is C24H27BrN4O6S. The number of rotatable bonds is 9. The fraction of sp³-hybridized carbons (Fsp3) is 0.292. The van der Waals surface area contributed by atoms with E-state index in [-0.39, 0.29) is 40.5 Å². The van der Waals surface area contributed by atoms with Gasteiger partial charge in [0.05, 0.1) is 19.1 Å². The summed E-state index contributed by atoms with van der Waals surface area (Å²) in [6, 6.07) is 12.6. The van der Waals surface area contributed by atoms with Crippen molar-refractivity contribution in [3.8, 4) is 17.6 Å². The molecule has 0 saturated heterocycles. The number of nitrogens with zero attached hydrogens (tertiary/aromatic N) is 2. The second-order valence-electron chi connectivity index (χ2n) is 8.64. The predicted octanol–water partition coefficient (Wildman–Crippen LogP) is 4.37. The zero-order chi connectivity index (χ0) is 26.5. The fourth-order valence-corrected chi connectivity index (χ4v) is 4.47. The number of sulfonamides is 1. The molecule has 0 aliphatic carbocycles. The smallest absolute Gasteiger partial charge is 0.321 e. The van der Waals surface area contributed by atoms with Gasteiger partial charge in [-0.2, -0.15) is 9.97 Å². The Balaban J connectivity index is 1.65. The van der Waals surface area contributed by atoms with Crippen molar-refractivity contribution < 1.29 is 27.4 Å². The first-order valence-electron chi connectivity index (χ1n) is 10.7. The Kier molecular flexibility index (Phi) is 8.41. The Morgan fingerprint density at radius 2 is 1.69 bits per heavy atom. The lowest BCUT2D eigenvalue weighted by atomic mass is 9.86. The van der Waals surface area contributed by atoms with E-state index in [0.717, 1.165) is 10.0 Å². The summed E-state index contributed by atoms with van der Waals surface area (Å²) in [5.41, 5.74) is 1.21. The first-order valence-corrected chi connectivity index (χ1v) is 13.0. The maximum atomic E-state index is 12.8. The molecule has 1 amide bonds. The number of ether oxygens (including phenoxy) is 3. The van der Waals surface area contributed by atoms with Crippen molar-refractivity contribution in [2.24, 2.45) is 0 Å². The molecule has 1 heterocycles. The Hall–Kier alpha value is -3.38. The first-order chi connectivity index (χ1) is 16.9. The Morgan fingerprint density at radius 3 is 2.31 bits per heavy atom. The van der Waals surface area contributed by atoms with Crippen LogP contribution in [0.4, 0.5) is 11.5 Å². The standard InChI is InChI=1S/C24H27BrN4O6S/c1-24(2,3)18-12-15(25)6-11-19(18)35-14-21(30)26-16-7-9-17(10-8-16)36(31,32)29-20-13-22(33-4)28-23(27-20)34-5/h6-13H,14H2,1-5H3,(H,26,30)(H,27,28,29). The van der Waals surface area contributed by atoms with Gasteiger partial charge in [-0.05, 0) is 47.9 Å². The van der Waals surface area contributed by atoms with Crippen molar-refractivity contribution in [2.45, 2.75) is 31.1 Å². The number of hydrogen-bond donors (Lipinski definition) is 2. The summed E-state index contributed by atoms with van der Waals surface area (Å²) in [5.74, 6) is 0.353. The molecule has 0 saturated carbocycles. The average Bonchev–Trinajstić information content (AvgIpc) is 2.82. The van der Waals surface area contributed by atoms with Gasteiger partial charge in [-0.25, -0.2) is 8.42 Å². The summed E-state index contributed by atoms with van der Waals surface area (Å²) in [6.45, 7) is 5.97. The lowest BCUT2D eigenvalue weighted by molar-refractivity contribution is -0.118. The van der Waals surface area contributed by atoms with Gasteiger partial charge in [-0.15, -0.1) is 0 Å². The summed E-state index contributed by atoms with van der Waals surface area (Å²) < 4.78 is 44.6. The summed E-state index contributed by atoms with van der Waals surface area (Å²) in [5, 5.41) is 2.70. The van der Waals surface area contributed by atoms with Crippen LogP contribution in [-0.2, 0) is 20.2 Å². The number of anilines is 2. The molecule has 0 aliphatic heterocycles. The monoisotopic (exact) mass is 578 g/mol. The van der Waals surface area contributed by atoms with Crippen molar-refractivity contribution in [3.63, 3.8) is 0 Å². The molecular weight excluding hydrogens is 552 g/mol. The first kappa shape index (κ1) is 27.2. The molecule has 12 heteroatoms. The van der Waals surface area contributed by atoms with Crippen LogP contribution in [0.3, 0.4) is 0 Å². The van der Waals surface area contributed by atoms with Crippen LogP contribution in [-0.4, -0.2) is 45.1 Å². The highest BCUT2D eigenvalue weighted by molar-refractivity contribution is 9.10. The summed E-state index contributed by atoms with van der Waals surface area (Å²) in [4.78, 5) is 20.3. The minimum Gasteiger partial charge on any atom is -0.483 e. The molecule has 3 aromatic rings. The Morgan fingerprint density at radius 1 is 1.00 bits per heavy atom. The summed E-state index contributed by atoms with van der Waals surface area (Å²) >= 11 is 3.46. The third kappa shape index (κ3) is 7.08. The number of aromatic nitrogens is 2. The SMILES string of the molecule is COc1cc(NS(=O)(=O)c2ccc(NC(=O)COc3ccc(Br)cc3C(C)(C)C)cc2)nc(OC)n1. The molecule has 2 aromatic carbocycles. The quantitative estimate of drug-likeness (QED) is 0.383. The van der Waals surface area contributed by atoms with Crippen LogP contribution >= 0.6 is 15.9 Å². The van der Waals surface area contributed by atoms with Gasteiger partial charge < -0.3 is 19.5 Å². The molecule has 2 N–H and O–H groups in total. The van der Waals surface area contributed by atoms with Gasteiger partial charge in [0.2, 0.25) is 5.88 Å². The maximum absolute atomic E-state index is 12.8. The summed E-state index contributed by atoms with van der Waals surface area (Å²) in [6.07, 6.45) is 0. The van der Waals surface area contributed by atoms with Crippen LogP contribution in [0.2, 0.25) is 0 Å². The van der Waals surface area contributed by atoms with Crippen molar-refractivity contribution >= 4 is 43.4 Å². The lowest BCUT2D eigenvalue weighted by Crippen LogP contribution is -2.22. The van der Waals surface area contributed by atoms with Crippen LogP contribution < -0.4 is 24.2 Å². The molecule has 192 valence electrons. The third-order valence-electron chi connectivity index (χ3n) is 4.87. The van der Waals surface area contributed by atoms with E-state index in [1.165, 1.54) is 44.6 Å². The van der Waals surface area contributed by atoms with Crippen LogP contribution in [0.5, 0.6) is 17.6 Å². The second-order valence-corrected chi connectivity index (χ2v) is 11.2. The maximum Gasteiger partial charge on any atom is 0.321 e. The van der Waals surface area contributed by atoms with Crippen LogP contribution in [0.15, 0.2) is 57.9 Å². The van der Waals surface area contributed by atoms with Crippen molar-refractivity contribution in [3.05, 3.63) is 58.6 Å². The van der Waals surface area contributed by atoms with E-state index in [2.05, 4.69) is 56.7 Å². The highest BCUT2D eigenvalue weighted by Gasteiger charge is 2.20.